The Hall–Kier alpha value is -4.22. The molecule has 0 radical (unpaired) electrons. The van der Waals surface area contributed by atoms with E-state index in [1.54, 1.807) is 12.4 Å². The number of anilines is 3. The van der Waals surface area contributed by atoms with Gasteiger partial charge in [0.05, 0.1) is 24.1 Å². The van der Waals surface area contributed by atoms with E-state index in [9.17, 15) is 9.59 Å². The number of ether oxygens (including phenoxy) is 1. The Bertz CT molecular complexity index is 1210. The minimum atomic E-state index is -0.656. The molecule has 0 bridgehead atoms. The van der Waals surface area contributed by atoms with Gasteiger partial charge in [-0.3, -0.25) is 4.79 Å². The zero-order valence-electron chi connectivity index (χ0n) is 20.6. The van der Waals surface area contributed by atoms with E-state index in [0.717, 1.165) is 31.4 Å². The standard InChI is InChI=1S/C24H31N9O3/c1-24(2,3)36-23(35)31-19-10-5-4-9-18(19)30-22-26-14-17(20(25)34)21(32-22)29-15-7-6-8-16(13-15)33-27-11-12-28-33/h6-8,11-14,18-19H,4-5,9-10H2,1-3H3,(H2,25,34)(H,31,35)(H2,26,29,30,32)/t18-,19+/m1/s1. The van der Waals surface area contributed by atoms with Crippen LogP contribution in [0.15, 0.2) is 42.9 Å². The first kappa shape index (κ1) is 24.9. The van der Waals surface area contributed by atoms with Gasteiger partial charge in [-0.2, -0.15) is 20.0 Å². The van der Waals surface area contributed by atoms with Crippen LogP contribution in [0, 0.1) is 0 Å². The number of carbonyl (C=O) groups excluding carboxylic acids is 2. The van der Waals surface area contributed by atoms with Gasteiger partial charge < -0.3 is 26.4 Å². The third kappa shape index (κ3) is 6.46. The normalized spacial score (nSPS) is 17.8. The molecule has 2 atom stereocenters. The van der Waals surface area contributed by atoms with Crippen molar-refractivity contribution in [2.45, 2.75) is 64.1 Å². The summed E-state index contributed by atoms with van der Waals surface area (Å²) in [5.74, 6) is -0.0793. The lowest BCUT2D eigenvalue weighted by Crippen LogP contribution is -2.50. The summed E-state index contributed by atoms with van der Waals surface area (Å²) in [6.07, 6.45) is 7.72. The summed E-state index contributed by atoms with van der Waals surface area (Å²) < 4.78 is 5.42. The van der Waals surface area contributed by atoms with Gasteiger partial charge in [-0.15, -0.1) is 0 Å². The van der Waals surface area contributed by atoms with Crippen molar-refractivity contribution < 1.29 is 14.3 Å². The van der Waals surface area contributed by atoms with E-state index >= 15 is 0 Å². The Morgan fingerprint density at radius 2 is 1.83 bits per heavy atom. The lowest BCUT2D eigenvalue weighted by Gasteiger charge is -2.33. The van der Waals surface area contributed by atoms with E-state index in [1.807, 2.05) is 45.0 Å². The molecule has 190 valence electrons. The third-order valence-electron chi connectivity index (χ3n) is 5.60. The number of rotatable bonds is 7. The maximum atomic E-state index is 12.4. The lowest BCUT2D eigenvalue weighted by molar-refractivity contribution is 0.0488. The van der Waals surface area contributed by atoms with E-state index < -0.39 is 17.6 Å². The predicted octanol–water partition coefficient (Wildman–Crippen LogP) is 3.15. The van der Waals surface area contributed by atoms with E-state index in [-0.39, 0.29) is 23.5 Å². The van der Waals surface area contributed by atoms with Crippen LogP contribution in [0.3, 0.4) is 0 Å². The number of aromatic nitrogens is 5. The lowest BCUT2D eigenvalue weighted by atomic mass is 9.90. The third-order valence-corrected chi connectivity index (χ3v) is 5.60. The first-order chi connectivity index (χ1) is 17.2. The van der Waals surface area contributed by atoms with Gasteiger partial charge in [0.25, 0.3) is 5.91 Å². The Morgan fingerprint density at radius 3 is 2.53 bits per heavy atom. The second kappa shape index (κ2) is 10.6. The zero-order valence-corrected chi connectivity index (χ0v) is 20.6. The maximum absolute atomic E-state index is 12.4. The van der Waals surface area contributed by atoms with Gasteiger partial charge in [0.1, 0.15) is 17.0 Å². The van der Waals surface area contributed by atoms with Crippen molar-refractivity contribution in [2.24, 2.45) is 5.73 Å². The van der Waals surface area contributed by atoms with Crippen molar-refractivity contribution in [3.8, 4) is 5.69 Å². The molecule has 2 heterocycles. The molecule has 1 aromatic carbocycles. The van der Waals surface area contributed by atoms with Crippen LogP contribution >= 0.6 is 0 Å². The van der Waals surface area contributed by atoms with Crippen LogP contribution in [0.4, 0.5) is 22.2 Å². The van der Waals surface area contributed by atoms with Gasteiger partial charge in [-0.1, -0.05) is 18.9 Å². The van der Waals surface area contributed by atoms with Crippen LogP contribution in [0.2, 0.25) is 0 Å². The van der Waals surface area contributed by atoms with Gasteiger partial charge >= 0.3 is 6.09 Å². The van der Waals surface area contributed by atoms with E-state index in [2.05, 4.69) is 36.1 Å². The van der Waals surface area contributed by atoms with Crippen molar-refractivity contribution in [3.63, 3.8) is 0 Å². The highest BCUT2D eigenvalue weighted by atomic mass is 16.6. The van der Waals surface area contributed by atoms with Gasteiger partial charge in [0.2, 0.25) is 5.95 Å². The molecule has 2 amide bonds. The number of hydrogen-bond donors (Lipinski definition) is 4. The molecule has 1 aliphatic rings. The molecule has 0 saturated heterocycles. The van der Waals surface area contributed by atoms with Gasteiger partial charge in [-0.05, 0) is 51.8 Å². The number of nitrogens with two attached hydrogens (primary N) is 1. The average Bonchev–Trinajstić information content (AvgIpc) is 3.34. The Kier molecular flexibility index (Phi) is 7.32. The molecule has 0 unspecified atom stereocenters. The number of primary amides is 1. The van der Waals surface area contributed by atoms with Gasteiger partial charge in [0, 0.05) is 17.9 Å². The summed E-state index contributed by atoms with van der Waals surface area (Å²) in [6.45, 7) is 5.48. The van der Waals surface area contributed by atoms with Crippen LogP contribution < -0.4 is 21.7 Å². The van der Waals surface area contributed by atoms with Gasteiger partial charge in [-0.25, -0.2) is 9.78 Å². The number of alkyl carbamates (subject to hydrolysis) is 1. The molecule has 12 heteroatoms. The molecule has 0 spiro atoms. The quantitative estimate of drug-likeness (QED) is 0.387. The number of benzene rings is 1. The number of carbonyl (C=O) groups is 2. The molecule has 0 aliphatic heterocycles. The molecule has 1 aliphatic carbocycles. The fourth-order valence-electron chi connectivity index (χ4n) is 4.02. The fraction of sp³-hybridized carbons (Fsp3) is 0.417. The Morgan fingerprint density at radius 1 is 1.11 bits per heavy atom. The first-order valence-electron chi connectivity index (χ1n) is 11.8. The molecule has 2 aromatic heterocycles. The van der Waals surface area contributed by atoms with E-state index in [4.69, 9.17) is 10.5 Å². The van der Waals surface area contributed by atoms with E-state index in [0.29, 0.717) is 11.6 Å². The SMILES string of the molecule is CC(C)(C)OC(=O)N[C@H]1CCCC[C@H]1Nc1ncc(C(N)=O)c(Nc2cccc(-n3nccn3)c2)n1. The summed E-state index contributed by atoms with van der Waals surface area (Å²) >= 11 is 0. The van der Waals surface area contributed by atoms with Crippen molar-refractivity contribution >= 4 is 29.5 Å². The molecule has 3 aromatic rings. The highest BCUT2D eigenvalue weighted by Crippen LogP contribution is 2.25. The predicted molar refractivity (Wildman–Crippen MR) is 134 cm³/mol. The largest absolute Gasteiger partial charge is 0.444 e. The minimum absolute atomic E-state index is 0.104. The number of hydrogen-bond acceptors (Lipinski definition) is 9. The van der Waals surface area contributed by atoms with Crippen LogP contribution in [0.25, 0.3) is 5.69 Å². The molecule has 36 heavy (non-hydrogen) atoms. The second-order valence-corrected chi connectivity index (χ2v) is 9.60. The summed E-state index contributed by atoms with van der Waals surface area (Å²) in [4.78, 5) is 34.7. The number of nitrogens with one attached hydrogen (secondary N) is 3. The minimum Gasteiger partial charge on any atom is -0.444 e. The smallest absolute Gasteiger partial charge is 0.407 e. The van der Waals surface area contributed by atoms with Crippen LogP contribution in [-0.2, 0) is 4.74 Å². The zero-order chi connectivity index (χ0) is 25.7. The fourth-order valence-corrected chi connectivity index (χ4v) is 4.02. The highest BCUT2D eigenvalue weighted by molar-refractivity contribution is 5.98. The van der Waals surface area contributed by atoms with Crippen LogP contribution in [0.5, 0.6) is 0 Å². The first-order valence-corrected chi connectivity index (χ1v) is 11.8. The topological polar surface area (TPSA) is 162 Å². The molecule has 1 fully saturated rings. The second-order valence-electron chi connectivity index (χ2n) is 9.60. The van der Waals surface area contributed by atoms with E-state index in [1.165, 1.54) is 11.0 Å². The average molecular weight is 494 g/mol. The van der Waals surface area contributed by atoms with Crippen molar-refractivity contribution in [1.29, 1.82) is 0 Å². The Balaban J connectivity index is 1.53. The van der Waals surface area contributed by atoms with Crippen LogP contribution in [-0.4, -0.2) is 54.6 Å². The Labute approximate surface area is 209 Å². The monoisotopic (exact) mass is 493 g/mol. The molecular weight excluding hydrogens is 462 g/mol. The highest BCUT2D eigenvalue weighted by Gasteiger charge is 2.29. The summed E-state index contributed by atoms with van der Waals surface area (Å²) in [5.41, 5.74) is 6.54. The maximum Gasteiger partial charge on any atom is 0.407 e. The summed E-state index contributed by atoms with van der Waals surface area (Å²) in [6, 6.07) is 7.08. The summed E-state index contributed by atoms with van der Waals surface area (Å²) in [5, 5.41) is 17.7. The van der Waals surface area contributed by atoms with Crippen molar-refractivity contribution in [3.05, 3.63) is 48.4 Å². The molecule has 1 saturated carbocycles. The number of nitrogens with zero attached hydrogens (tertiary/aromatic N) is 5. The van der Waals surface area contributed by atoms with Gasteiger partial charge in [0.15, 0.2) is 0 Å². The van der Waals surface area contributed by atoms with Crippen LogP contribution in [0.1, 0.15) is 56.8 Å². The summed E-state index contributed by atoms with van der Waals surface area (Å²) in [7, 11) is 0. The molecule has 12 nitrogen and oxygen atoms in total. The number of amides is 2. The van der Waals surface area contributed by atoms with Crippen molar-refractivity contribution in [1.82, 2.24) is 30.3 Å². The molecule has 5 N–H and O–H groups in total. The molecular formula is C24H31N9O3. The van der Waals surface area contributed by atoms with Crippen molar-refractivity contribution in [2.75, 3.05) is 10.6 Å². The molecule has 4 rings (SSSR count).